The summed E-state index contributed by atoms with van der Waals surface area (Å²) in [6.07, 6.45) is 3.53. The van der Waals surface area contributed by atoms with Gasteiger partial charge in [0.2, 0.25) is 0 Å². The third-order valence-corrected chi connectivity index (χ3v) is 3.05. The molecule has 2 rings (SSSR count). The van der Waals surface area contributed by atoms with Crippen LogP contribution in [-0.2, 0) is 6.54 Å². The summed E-state index contributed by atoms with van der Waals surface area (Å²) in [6, 6.07) is 9.72. The van der Waals surface area contributed by atoms with Crippen molar-refractivity contribution in [2.45, 2.75) is 6.54 Å². The van der Waals surface area contributed by atoms with Crippen LogP contribution >= 0.6 is 27.5 Å². The van der Waals surface area contributed by atoms with Gasteiger partial charge in [-0.25, -0.2) is 0 Å². The standard InChI is InChI=1S/C12H10BrClN2/c13-11-8-15-6-5-12(11)16-7-9-1-3-10(14)4-2-9/h1-6,8H,7H2,(H,15,16). The molecule has 0 saturated carbocycles. The molecule has 1 aromatic carbocycles. The minimum atomic E-state index is 0.758. The normalized spacial score (nSPS) is 10.1. The molecule has 1 heterocycles. The topological polar surface area (TPSA) is 24.9 Å². The van der Waals surface area contributed by atoms with Crippen LogP contribution in [0.2, 0.25) is 5.02 Å². The van der Waals surface area contributed by atoms with E-state index < -0.39 is 0 Å². The number of pyridine rings is 1. The Balaban J connectivity index is 2.02. The largest absolute Gasteiger partial charge is 0.380 e. The van der Waals surface area contributed by atoms with Gasteiger partial charge in [-0.05, 0) is 39.7 Å². The van der Waals surface area contributed by atoms with E-state index in [1.165, 1.54) is 5.56 Å². The first-order chi connectivity index (χ1) is 7.75. The van der Waals surface area contributed by atoms with E-state index >= 15 is 0 Å². The van der Waals surface area contributed by atoms with E-state index in [0.717, 1.165) is 21.7 Å². The molecule has 0 aliphatic heterocycles. The third kappa shape index (κ3) is 2.97. The Morgan fingerprint density at radius 3 is 2.62 bits per heavy atom. The number of aromatic nitrogens is 1. The van der Waals surface area contributed by atoms with Crippen molar-refractivity contribution < 1.29 is 0 Å². The van der Waals surface area contributed by atoms with Gasteiger partial charge in [0.25, 0.3) is 0 Å². The number of benzene rings is 1. The second-order valence-electron chi connectivity index (χ2n) is 3.34. The molecule has 0 unspecified atom stereocenters. The average Bonchev–Trinajstić information content (AvgIpc) is 2.30. The summed E-state index contributed by atoms with van der Waals surface area (Å²) in [5, 5.41) is 4.08. The fraction of sp³-hybridized carbons (Fsp3) is 0.0833. The van der Waals surface area contributed by atoms with Crippen LogP contribution in [-0.4, -0.2) is 4.98 Å². The maximum Gasteiger partial charge on any atom is 0.0590 e. The molecule has 2 aromatic rings. The SMILES string of the molecule is Clc1ccc(CNc2ccncc2Br)cc1. The lowest BCUT2D eigenvalue weighted by atomic mass is 10.2. The molecular formula is C12H10BrClN2. The Labute approximate surface area is 108 Å². The van der Waals surface area contributed by atoms with E-state index in [-0.39, 0.29) is 0 Å². The van der Waals surface area contributed by atoms with E-state index in [0.29, 0.717) is 0 Å². The van der Waals surface area contributed by atoms with Gasteiger partial charge in [0.05, 0.1) is 10.2 Å². The highest BCUT2D eigenvalue weighted by Crippen LogP contribution is 2.20. The maximum absolute atomic E-state index is 5.82. The molecule has 1 N–H and O–H groups in total. The van der Waals surface area contributed by atoms with Gasteiger partial charge >= 0.3 is 0 Å². The van der Waals surface area contributed by atoms with E-state index in [1.54, 1.807) is 12.4 Å². The number of hydrogen-bond donors (Lipinski definition) is 1. The molecule has 0 spiro atoms. The summed E-state index contributed by atoms with van der Waals surface area (Å²) in [7, 11) is 0. The number of halogens is 2. The number of anilines is 1. The Morgan fingerprint density at radius 2 is 1.94 bits per heavy atom. The van der Waals surface area contributed by atoms with E-state index in [1.807, 2.05) is 30.3 Å². The van der Waals surface area contributed by atoms with Crippen LogP contribution in [0.4, 0.5) is 5.69 Å². The first kappa shape index (κ1) is 11.4. The van der Waals surface area contributed by atoms with Crippen LogP contribution in [0.15, 0.2) is 47.2 Å². The van der Waals surface area contributed by atoms with Crippen molar-refractivity contribution in [3.05, 3.63) is 57.8 Å². The highest BCUT2D eigenvalue weighted by atomic mass is 79.9. The maximum atomic E-state index is 5.82. The molecule has 0 atom stereocenters. The number of nitrogens with zero attached hydrogens (tertiary/aromatic N) is 1. The molecule has 0 saturated heterocycles. The molecule has 0 fully saturated rings. The molecule has 16 heavy (non-hydrogen) atoms. The molecule has 4 heteroatoms. The summed E-state index contributed by atoms with van der Waals surface area (Å²) in [4.78, 5) is 4.01. The molecule has 82 valence electrons. The zero-order valence-electron chi connectivity index (χ0n) is 8.45. The molecule has 0 amide bonds. The van der Waals surface area contributed by atoms with Crippen LogP contribution in [0.3, 0.4) is 0 Å². The Bertz CT molecular complexity index is 471. The van der Waals surface area contributed by atoms with Crippen molar-refractivity contribution in [3.63, 3.8) is 0 Å². The zero-order chi connectivity index (χ0) is 11.4. The van der Waals surface area contributed by atoms with Crippen molar-refractivity contribution in [1.82, 2.24) is 4.98 Å². The molecule has 0 aliphatic rings. The van der Waals surface area contributed by atoms with Gasteiger partial charge in [0.1, 0.15) is 0 Å². The predicted molar refractivity (Wildman–Crippen MR) is 70.7 cm³/mol. The van der Waals surface area contributed by atoms with Crippen molar-refractivity contribution in [2.75, 3.05) is 5.32 Å². The second-order valence-corrected chi connectivity index (χ2v) is 4.63. The van der Waals surface area contributed by atoms with Crippen molar-refractivity contribution in [1.29, 1.82) is 0 Å². The van der Waals surface area contributed by atoms with Crippen LogP contribution in [0.25, 0.3) is 0 Å². The van der Waals surface area contributed by atoms with E-state index in [4.69, 9.17) is 11.6 Å². The van der Waals surface area contributed by atoms with Gasteiger partial charge in [0, 0.05) is 24.0 Å². The van der Waals surface area contributed by atoms with Gasteiger partial charge in [-0.3, -0.25) is 4.98 Å². The minimum Gasteiger partial charge on any atom is -0.380 e. The van der Waals surface area contributed by atoms with Crippen molar-refractivity contribution in [2.24, 2.45) is 0 Å². The molecule has 0 radical (unpaired) electrons. The van der Waals surface area contributed by atoms with Crippen LogP contribution in [0.5, 0.6) is 0 Å². The lowest BCUT2D eigenvalue weighted by Crippen LogP contribution is -1.99. The first-order valence-electron chi connectivity index (χ1n) is 4.83. The van der Waals surface area contributed by atoms with Crippen LogP contribution in [0.1, 0.15) is 5.56 Å². The summed E-state index contributed by atoms with van der Waals surface area (Å²) < 4.78 is 0.962. The molecule has 2 nitrogen and oxygen atoms in total. The van der Waals surface area contributed by atoms with Gasteiger partial charge in [0.15, 0.2) is 0 Å². The average molecular weight is 298 g/mol. The quantitative estimate of drug-likeness (QED) is 0.922. The van der Waals surface area contributed by atoms with E-state index in [9.17, 15) is 0 Å². The molecular weight excluding hydrogens is 288 g/mol. The molecule has 0 bridgehead atoms. The lowest BCUT2D eigenvalue weighted by molar-refractivity contribution is 1.14. The minimum absolute atomic E-state index is 0.758. The van der Waals surface area contributed by atoms with Crippen molar-refractivity contribution in [3.8, 4) is 0 Å². The highest BCUT2D eigenvalue weighted by Gasteiger charge is 1.98. The Hall–Kier alpha value is -1.06. The summed E-state index contributed by atoms with van der Waals surface area (Å²) in [5.41, 5.74) is 2.22. The number of hydrogen-bond acceptors (Lipinski definition) is 2. The van der Waals surface area contributed by atoms with E-state index in [2.05, 4.69) is 26.2 Å². The number of nitrogens with one attached hydrogen (secondary N) is 1. The second kappa shape index (κ2) is 5.32. The molecule has 0 aliphatic carbocycles. The lowest BCUT2D eigenvalue weighted by Gasteiger charge is -2.07. The fourth-order valence-corrected chi connectivity index (χ4v) is 1.83. The first-order valence-corrected chi connectivity index (χ1v) is 6.00. The number of rotatable bonds is 3. The van der Waals surface area contributed by atoms with Crippen LogP contribution in [0, 0.1) is 0 Å². The predicted octanol–water partition coefficient (Wildman–Crippen LogP) is 4.11. The fourth-order valence-electron chi connectivity index (χ4n) is 1.32. The van der Waals surface area contributed by atoms with Crippen molar-refractivity contribution >= 4 is 33.2 Å². The Morgan fingerprint density at radius 1 is 1.19 bits per heavy atom. The third-order valence-electron chi connectivity index (χ3n) is 2.17. The van der Waals surface area contributed by atoms with Gasteiger partial charge in [-0.15, -0.1) is 0 Å². The van der Waals surface area contributed by atoms with Gasteiger partial charge in [-0.1, -0.05) is 23.7 Å². The van der Waals surface area contributed by atoms with Gasteiger partial charge in [-0.2, -0.15) is 0 Å². The summed E-state index contributed by atoms with van der Waals surface area (Å²) in [6.45, 7) is 0.764. The van der Waals surface area contributed by atoms with Crippen LogP contribution < -0.4 is 5.32 Å². The molecule has 1 aromatic heterocycles. The van der Waals surface area contributed by atoms with Gasteiger partial charge < -0.3 is 5.32 Å². The zero-order valence-corrected chi connectivity index (χ0v) is 10.8. The smallest absolute Gasteiger partial charge is 0.0590 e. The summed E-state index contributed by atoms with van der Waals surface area (Å²) in [5.74, 6) is 0. The monoisotopic (exact) mass is 296 g/mol. The highest BCUT2D eigenvalue weighted by molar-refractivity contribution is 9.10. The summed E-state index contributed by atoms with van der Waals surface area (Å²) >= 11 is 9.25. The Kier molecular flexibility index (Phi) is 3.80.